The van der Waals surface area contributed by atoms with Gasteiger partial charge in [-0.2, -0.15) is 0 Å². The van der Waals surface area contributed by atoms with Crippen LogP contribution in [0.1, 0.15) is 25.0 Å². The molecule has 13 heavy (non-hydrogen) atoms. The summed E-state index contributed by atoms with van der Waals surface area (Å²) in [7, 11) is 0. The molecule has 0 aromatic heterocycles. The monoisotopic (exact) mass is 183 g/mol. The van der Waals surface area contributed by atoms with E-state index in [9.17, 15) is 9.50 Å². The van der Waals surface area contributed by atoms with Crippen LogP contribution in [0.5, 0.6) is 0 Å². The second-order valence-corrected chi connectivity index (χ2v) is 3.28. The molecule has 0 amide bonds. The molecule has 0 saturated carbocycles. The van der Waals surface area contributed by atoms with Crippen LogP contribution in [-0.4, -0.2) is 11.1 Å². The Bertz CT molecular complexity index is 275. The topological polar surface area (TPSA) is 46.2 Å². The number of hydrogen-bond donors (Lipinski definition) is 2. The molecule has 3 heteroatoms. The fourth-order valence-corrected chi connectivity index (χ4v) is 1.20. The van der Waals surface area contributed by atoms with Crippen molar-refractivity contribution in [3.05, 3.63) is 35.6 Å². The maximum absolute atomic E-state index is 12.7. The number of nitrogens with two attached hydrogens (primary N) is 1. The Morgan fingerprint density at radius 2 is 2.23 bits per heavy atom. The van der Waals surface area contributed by atoms with Crippen LogP contribution in [0.15, 0.2) is 24.3 Å². The third kappa shape index (κ3) is 3.13. The van der Waals surface area contributed by atoms with E-state index in [-0.39, 0.29) is 11.9 Å². The molecule has 2 nitrogen and oxygen atoms in total. The van der Waals surface area contributed by atoms with Crippen LogP contribution in [-0.2, 0) is 0 Å². The average Bonchev–Trinajstić information content (AvgIpc) is 2.03. The highest BCUT2D eigenvalue weighted by atomic mass is 19.1. The van der Waals surface area contributed by atoms with Gasteiger partial charge in [0.1, 0.15) is 5.82 Å². The number of rotatable bonds is 3. The SMILES string of the molecule is CC(N)CC(O)c1cccc(F)c1. The third-order valence-electron chi connectivity index (χ3n) is 1.83. The molecule has 0 aliphatic heterocycles. The summed E-state index contributed by atoms with van der Waals surface area (Å²) < 4.78 is 12.7. The van der Waals surface area contributed by atoms with Gasteiger partial charge in [-0.3, -0.25) is 0 Å². The first kappa shape index (κ1) is 10.2. The molecule has 1 aromatic carbocycles. The van der Waals surface area contributed by atoms with Crippen molar-refractivity contribution < 1.29 is 9.50 Å². The van der Waals surface area contributed by atoms with E-state index in [1.165, 1.54) is 12.1 Å². The van der Waals surface area contributed by atoms with Crippen molar-refractivity contribution in [3.8, 4) is 0 Å². The van der Waals surface area contributed by atoms with E-state index in [2.05, 4.69) is 0 Å². The van der Waals surface area contributed by atoms with Crippen LogP contribution in [0.3, 0.4) is 0 Å². The normalized spacial score (nSPS) is 15.4. The summed E-state index contributed by atoms with van der Waals surface area (Å²) >= 11 is 0. The summed E-state index contributed by atoms with van der Waals surface area (Å²) in [6, 6.07) is 5.86. The van der Waals surface area contributed by atoms with Gasteiger partial charge in [0.25, 0.3) is 0 Å². The number of hydrogen-bond acceptors (Lipinski definition) is 2. The predicted octanol–water partition coefficient (Wildman–Crippen LogP) is 1.60. The molecule has 1 rings (SSSR count). The van der Waals surface area contributed by atoms with Gasteiger partial charge < -0.3 is 10.8 Å². The Morgan fingerprint density at radius 3 is 2.77 bits per heavy atom. The molecule has 0 aliphatic carbocycles. The number of aliphatic hydroxyl groups is 1. The second kappa shape index (κ2) is 4.35. The zero-order valence-corrected chi connectivity index (χ0v) is 7.57. The van der Waals surface area contributed by atoms with Crippen LogP contribution in [0, 0.1) is 5.82 Å². The fourth-order valence-electron chi connectivity index (χ4n) is 1.20. The molecule has 2 unspecified atom stereocenters. The average molecular weight is 183 g/mol. The van der Waals surface area contributed by atoms with Crippen molar-refractivity contribution in [3.63, 3.8) is 0 Å². The van der Waals surface area contributed by atoms with E-state index < -0.39 is 6.10 Å². The molecular weight excluding hydrogens is 169 g/mol. The van der Waals surface area contributed by atoms with E-state index in [1.54, 1.807) is 12.1 Å². The summed E-state index contributed by atoms with van der Waals surface area (Å²) in [6.07, 6.45) is -0.223. The molecule has 0 radical (unpaired) electrons. The van der Waals surface area contributed by atoms with Crippen LogP contribution in [0.2, 0.25) is 0 Å². The van der Waals surface area contributed by atoms with Gasteiger partial charge >= 0.3 is 0 Å². The van der Waals surface area contributed by atoms with Crippen LogP contribution in [0.25, 0.3) is 0 Å². The van der Waals surface area contributed by atoms with Crippen molar-refractivity contribution >= 4 is 0 Å². The van der Waals surface area contributed by atoms with Gasteiger partial charge in [0, 0.05) is 6.04 Å². The first-order valence-corrected chi connectivity index (χ1v) is 4.28. The lowest BCUT2D eigenvalue weighted by molar-refractivity contribution is 0.160. The van der Waals surface area contributed by atoms with Crippen molar-refractivity contribution in [2.24, 2.45) is 5.73 Å². The summed E-state index contributed by atoms with van der Waals surface area (Å²) in [4.78, 5) is 0. The van der Waals surface area contributed by atoms with E-state index in [0.29, 0.717) is 12.0 Å². The van der Waals surface area contributed by atoms with E-state index >= 15 is 0 Å². The van der Waals surface area contributed by atoms with Crippen LogP contribution < -0.4 is 5.73 Å². The molecule has 3 N–H and O–H groups in total. The summed E-state index contributed by atoms with van der Waals surface area (Å²) in [5.74, 6) is -0.332. The van der Waals surface area contributed by atoms with Gasteiger partial charge in [-0.05, 0) is 31.0 Å². The first-order valence-electron chi connectivity index (χ1n) is 4.28. The smallest absolute Gasteiger partial charge is 0.123 e. The van der Waals surface area contributed by atoms with E-state index in [4.69, 9.17) is 5.73 Å². The number of aliphatic hydroxyl groups excluding tert-OH is 1. The lowest BCUT2D eigenvalue weighted by Crippen LogP contribution is -2.18. The molecule has 2 atom stereocenters. The number of halogens is 1. The predicted molar refractivity (Wildman–Crippen MR) is 49.6 cm³/mol. The van der Waals surface area contributed by atoms with E-state index in [0.717, 1.165) is 0 Å². The van der Waals surface area contributed by atoms with Crippen molar-refractivity contribution in [1.29, 1.82) is 0 Å². The lowest BCUT2D eigenvalue weighted by atomic mass is 10.0. The van der Waals surface area contributed by atoms with Crippen LogP contribution >= 0.6 is 0 Å². The molecule has 0 heterocycles. The van der Waals surface area contributed by atoms with Crippen molar-refractivity contribution in [1.82, 2.24) is 0 Å². The van der Waals surface area contributed by atoms with Gasteiger partial charge in [0.2, 0.25) is 0 Å². The minimum Gasteiger partial charge on any atom is -0.388 e. The first-order chi connectivity index (χ1) is 6.09. The van der Waals surface area contributed by atoms with Gasteiger partial charge in [-0.25, -0.2) is 4.39 Å². The fraction of sp³-hybridized carbons (Fsp3) is 0.400. The van der Waals surface area contributed by atoms with Crippen molar-refractivity contribution in [2.75, 3.05) is 0 Å². The second-order valence-electron chi connectivity index (χ2n) is 3.28. The van der Waals surface area contributed by atoms with Gasteiger partial charge in [-0.1, -0.05) is 12.1 Å². The highest BCUT2D eigenvalue weighted by Gasteiger charge is 2.09. The quantitative estimate of drug-likeness (QED) is 0.747. The zero-order chi connectivity index (χ0) is 9.84. The maximum atomic E-state index is 12.7. The largest absolute Gasteiger partial charge is 0.388 e. The lowest BCUT2D eigenvalue weighted by Gasteiger charge is -2.12. The molecule has 0 spiro atoms. The molecular formula is C10H14FNO. The third-order valence-corrected chi connectivity index (χ3v) is 1.83. The zero-order valence-electron chi connectivity index (χ0n) is 7.57. The minimum absolute atomic E-state index is 0.0849. The molecule has 72 valence electrons. The van der Waals surface area contributed by atoms with Gasteiger partial charge in [-0.15, -0.1) is 0 Å². The minimum atomic E-state index is -0.671. The molecule has 0 fully saturated rings. The van der Waals surface area contributed by atoms with Gasteiger partial charge in [0.15, 0.2) is 0 Å². The summed E-state index contributed by atoms with van der Waals surface area (Å²) in [5, 5.41) is 9.57. The Kier molecular flexibility index (Phi) is 3.39. The van der Waals surface area contributed by atoms with Gasteiger partial charge in [0.05, 0.1) is 6.10 Å². The Labute approximate surface area is 77.2 Å². The van der Waals surface area contributed by atoms with E-state index in [1.807, 2.05) is 6.92 Å². The molecule has 0 bridgehead atoms. The summed E-state index contributed by atoms with van der Waals surface area (Å²) in [6.45, 7) is 1.81. The highest BCUT2D eigenvalue weighted by Crippen LogP contribution is 2.18. The number of benzene rings is 1. The molecule has 1 aromatic rings. The highest BCUT2D eigenvalue weighted by molar-refractivity contribution is 5.18. The molecule has 0 aliphatic rings. The molecule has 0 saturated heterocycles. The van der Waals surface area contributed by atoms with Crippen molar-refractivity contribution in [2.45, 2.75) is 25.5 Å². The standard InChI is InChI=1S/C10H14FNO/c1-7(12)5-10(13)8-3-2-4-9(11)6-8/h2-4,6-7,10,13H,5,12H2,1H3. The summed E-state index contributed by atoms with van der Waals surface area (Å²) in [5.41, 5.74) is 6.10. The van der Waals surface area contributed by atoms with Crippen LogP contribution in [0.4, 0.5) is 4.39 Å². The Morgan fingerprint density at radius 1 is 1.54 bits per heavy atom. The Balaban J connectivity index is 2.71. The Hall–Kier alpha value is -0.930. The maximum Gasteiger partial charge on any atom is 0.123 e.